The van der Waals surface area contributed by atoms with E-state index in [4.69, 9.17) is 4.98 Å². The zero-order valence-electron chi connectivity index (χ0n) is 26.3. The minimum absolute atomic E-state index is 0.987. The van der Waals surface area contributed by atoms with Crippen LogP contribution in [0.15, 0.2) is 146 Å². The van der Waals surface area contributed by atoms with Crippen molar-refractivity contribution >= 4 is 66.1 Å². The van der Waals surface area contributed by atoms with Gasteiger partial charge in [0.05, 0.1) is 11.2 Å². The van der Waals surface area contributed by atoms with Crippen LogP contribution >= 0.6 is 0 Å². The Hall–Kier alpha value is -6.12. The molecule has 2 heterocycles. The van der Waals surface area contributed by atoms with Gasteiger partial charge in [0.25, 0.3) is 0 Å². The van der Waals surface area contributed by atoms with E-state index in [0.717, 1.165) is 40.6 Å². The van der Waals surface area contributed by atoms with Gasteiger partial charge in [0.2, 0.25) is 0 Å². The number of benzene rings is 7. The first-order valence-corrected chi connectivity index (χ1v) is 16.7. The molecule has 0 bridgehead atoms. The molecule has 0 aliphatic heterocycles. The number of aromatic nitrogens is 2. The van der Waals surface area contributed by atoms with E-state index in [1.54, 1.807) is 0 Å². The highest BCUT2D eigenvalue weighted by atomic mass is 14.7. The van der Waals surface area contributed by atoms with Crippen LogP contribution in [0.1, 0.15) is 12.8 Å². The lowest BCUT2D eigenvalue weighted by molar-refractivity contribution is 1.12. The second-order valence-electron chi connectivity index (χ2n) is 12.8. The summed E-state index contributed by atoms with van der Waals surface area (Å²) in [7, 11) is 0. The van der Waals surface area contributed by atoms with Gasteiger partial charge in [-0.2, -0.15) is 0 Å². The van der Waals surface area contributed by atoms with E-state index in [9.17, 15) is 0 Å². The monoisotopic (exact) mass is 610 g/mol. The summed E-state index contributed by atoms with van der Waals surface area (Å²) in [4.78, 5) is 9.96. The van der Waals surface area contributed by atoms with Gasteiger partial charge in [0.15, 0.2) is 0 Å². The standard InChI is InChI=1S/C46H30N2/c1-3-13-32-30(11-1)25-41(36-17-7-5-15-34(32)36)42-27-44-40(29-21-23-47-24-22-29)28-45(48-46(44)39-20-10-9-19-38(39)42)43-26-31-12-2-4-14-33(31)35-16-6-8-18-37(35)43/h1-8,11-28H,9-10H2. The Bertz CT molecular complexity index is 2890. The minimum atomic E-state index is 0.987. The Kier molecular flexibility index (Phi) is 6.04. The molecule has 0 unspecified atom stereocenters. The molecule has 2 heteroatoms. The van der Waals surface area contributed by atoms with Gasteiger partial charge in [0, 0.05) is 28.6 Å². The molecular formula is C46H30N2. The minimum Gasteiger partial charge on any atom is -0.265 e. The van der Waals surface area contributed by atoms with Crippen molar-refractivity contribution in [2.75, 3.05) is 0 Å². The van der Waals surface area contributed by atoms with Crippen LogP contribution in [-0.4, -0.2) is 9.97 Å². The van der Waals surface area contributed by atoms with Crippen molar-refractivity contribution in [1.82, 2.24) is 9.97 Å². The van der Waals surface area contributed by atoms with Crippen LogP contribution in [0.4, 0.5) is 0 Å². The lowest BCUT2D eigenvalue weighted by Gasteiger charge is -2.18. The van der Waals surface area contributed by atoms with Crippen molar-refractivity contribution in [2.24, 2.45) is 0 Å². The molecular weight excluding hydrogens is 581 g/mol. The molecule has 2 nitrogen and oxygen atoms in total. The molecule has 9 aromatic rings. The number of nitrogens with zero attached hydrogens (tertiary/aromatic N) is 2. The van der Waals surface area contributed by atoms with Crippen LogP contribution in [-0.2, 0) is 0 Å². The van der Waals surface area contributed by atoms with Crippen LogP contribution < -0.4 is 10.4 Å². The summed E-state index contributed by atoms with van der Waals surface area (Å²) in [5, 5.41) is 13.7. The third-order valence-corrected chi connectivity index (χ3v) is 10.1. The fourth-order valence-corrected chi connectivity index (χ4v) is 7.96. The van der Waals surface area contributed by atoms with E-state index in [1.165, 1.54) is 70.2 Å². The largest absolute Gasteiger partial charge is 0.265 e. The fourth-order valence-electron chi connectivity index (χ4n) is 7.96. The van der Waals surface area contributed by atoms with Crippen molar-refractivity contribution in [3.8, 4) is 33.5 Å². The van der Waals surface area contributed by atoms with Crippen molar-refractivity contribution in [2.45, 2.75) is 12.8 Å². The Labute approximate surface area is 278 Å². The first-order valence-electron chi connectivity index (χ1n) is 16.7. The summed E-state index contributed by atoms with van der Waals surface area (Å²) in [6, 6.07) is 48.7. The van der Waals surface area contributed by atoms with Gasteiger partial charge in [-0.15, -0.1) is 0 Å². The molecule has 0 spiro atoms. The Morgan fingerprint density at radius 3 is 1.60 bits per heavy atom. The highest BCUT2D eigenvalue weighted by Crippen LogP contribution is 2.39. The lowest BCUT2D eigenvalue weighted by atomic mass is 9.87. The predicted octanol–water partition coefficient (Wildman–Crippen LogP) is 10.6. The van der Waals surface area contributed by atoms with Gasteiger partial charge in [-0.3, -0.25) is 4.98 Å². The molecule has 224 valence electrons. The maximum Gasteiger partial charge on any atom is 0.0791 e. The summed E-state index contributed by atoms with van der Waals surface area (Å²) >= 11 is 0. The van der Waals surface area contributed by atoms with Crippen LogP contribution in [0.25, 0.3) is 99.7 Å². The predicted molar refractivity (Wildman–Crippen MR) is 203 cm³/mol. The first kappa shape index (κ1) is 27.0. The second-order valence-corrected chi connectivity index (χ2v) is 12.8. The van der Waals surface area contributed by atoms with Crippen LogP contribution in [0.3, 0.4) is 0 Å². The van der Waals surface area contributed by atoms with E-state index >= 15 is 0 Å². The average Bonchev–Trinajstić information content (AvgIpc) is 3.17. The molecule has 10 rings (SSSR count). The number of hydrogen-bond donors (Lipinski definition) is 0. The average molecular weight is 611 g/mol. The molecule has 0 radical (unpaired) electrons. The van der Waals surface area contributed by atoms with Gasteiger partial charge in [-0.1, -0.05) is 109 Å². The number of fused-ring (bicyclic) bond motifs is 9. The van der Waals surface area contributed by atoms with Crippen molar-refractivity contribution in [3.05, 3.63) is 156 Å². The summed E-state index contributed by atoms with van der Waals surface area (Å²) in [6.07, 6.45) is 10.6. The molecule has 0 amide bonds. The van der Waals surface area contributed by atoms with Gasteiger partial charge >= 0.3 is 0 Å². The maximum atomic E-state index is 5.58. The quantitative estimate of drug-likeness (QED) is 0.186. The molecule has 0 saturated carbocycles. The maximum absolute atomic E-state index is 5.58. The van der Waals surface area contributed by atoms with Gasteiger partial charge < -0.3 is 0 Å². The third kappa shape index (κ3) is 4.13. The Morgan fingerprint density at radius 1 is 0.396 bits per heavy atom. The summed E-state index contributed by atoms with van der Waals surface area (Å²) in [5.41, 5.74) is 8.02. The molecule has 48 heavy (non-hydrogen) atoms. The van der Waals surface area contributed by atoms with Crippen LogP contribution in [0, 0.1) is 0 Å². The summed E-state index contributed by atoms with van der Waals surface area (Å²) < 4.78 is 0. The molecule has 0 fully saturated rings. The summed E-state index contributed by atoms with van der Waals surface area (Å²) in [6.45, 7) is 0. The van der Waals surface area contributed by atoms with E-state index in [2.05, 4.69) is 151 Å². The van der Waals surface area contributed by atoms with E-state index in [1.807, 2.05) is 12.4 Å². The highest BCUT2D eigenvalue weighted by Gasteiger charge is 2.19. The van der Waals surface area contributed by atoms with Gasteiger partial charge in [0.1, 0.15) is 0 Å². The molecule has 0 atom stereocenters. The molecule has 0 saturated heterocycles. The zero-order valence-corrected chi connectivity index (χ0v) is 26.3. The van der Waals surface area contributed by atoms with E-state index < -0.39 is 0 Å². The molecule has 1 aliphatic rings. The van der Waals surface area contributed by atoms with Gasteiger partial charge in [-0.05, 0) is 120 Å². The van der Waals surface area contributed by atoms with Gasteiger partial charge in [-0.25, -0.2) is 4.98 Å². The fraction of sp³-hybridized carbons (Fsp3) is 0.0435. The van der Waals surface area contributed by atoms with Crippen LogP contribution in [0.2, 0.25) is 0 Å². The second kappa shape index (κ2) is 10.7. The Morgan fingerprint density at radius 2 is 0.938 bits per heavy atom. The SMILES string of the molecule is C1=c2c(-c3cc4ccccc4c4ccccc34)cc3c(-c4ccncc4)cc(-c4cc5ccccc5c5ccccc45)nc3c2=CCC1. The smallest absolute Gasteiger partial charge is 0.0791 e. The molecule has 2 aromatic heterocycles. The van der Waals surface area contributed by atoms with E-state index in [-0.39, 0.29) is 0 Å². The molecule has 1 aliphatic carbocycles. The first-order chi connectivity index (χ1) is 23.8. The van der Waals surface area contributed by atoms with Crippen LogP contribution in [0.5, 0.6) is 0 Å². The summed E-state index contributed by atoms with van der Waals surface area (Å²) in [5.74, 6) is 0. The molecule has 7 aromatic carbocycles. The topological polar surface area (TPSA) is 25.8 Å². The van der Waals surface area contributed by atoms with Crippen molar-refractivity contribution in [3.63, 3.8) is 0 Å². The highest BCUT2D eigenvalue weighted by molar-refractivity contribution is 6.16. The van der Waals surface area contributed by atoms with Crippen molar-refractivity contribution < 1.29 is 0 Å². The zero-order chi connectivity index (χ0) is 31.6. The lowest BCUT2D eigenvalue weighted by Crippen LogP contribution is -2.30. The Balaban J connectivity index is 1.35. The third-order valence-electron chi connectivity index (χ3n) is 10.1. The molecule has 0 N–H and O–H groups in total. The number of pyridine rings is 2. The van der Waals surface area contributed by atoms with E-state index in [0.29, 0.717) is 0 Å². The normalized spacial score (nSPS) is 12.8. The van der Waals surface area contributed by atoms with Crippen molar-refractivity contribution in [1.29, 1.82) is 0 Å². The number of rotatable bonds is 3. The number of hydrogen-bond acceptors (Lipinski definition) is 2.